The summed E-state index contributed by atoms with van der Waals surface area (Å²) in [7, 11) is 1.69. The molecule has 1 heterocycles. The highest BCUT2D eigenvalue weighted by molar-refractivity contribution is 5.92. The lowest BCUT2D eigenvalue weighted by Gasteiger charge is -2.04. The Hall–Kier alpha value is -1.33. The summed E-state index contributed by atoms with van der Waals surface area (Å²) in [5.41, 5.74) is 1.03. The number of aryl methyl sites for hydroxylation is 1. The minimum Gasteiger partial charge on any atom is -0.327 e. The van der Waals surface area contributed by atoms with E-state index in [0.29, 0.717) is 11.3 Å². The molecule has 0 aliphatic heterocycles. The third-order valence-electron chi connectivity index (χ3n) is 1.71. The predicted octanol–water partition coefficient (Wildman–Crippen LogP) is 0.263. The second-order valence-electron chi connectivity index (χ2n) is 2.98. The number of aromatic amines is 1. The molecule has 6 heteroatoms. The zero-order chi connectivity index (χ0) is 10.6. The first-order chi connectivity index (χ1) is 6.63. The molecule has 1 amide bonds. The van der Waals surface area contributed by atoms with Crippen LogP contribution in [0.4, 0.5) is 5.69 Å². The maximum Gasteiger partial charge on any atom is 0.250 e. The van der Waals surface area contributed by atoms with Crippen LogP contribution in [0.3, 0.4) is 0 Å². The summed E-state index contributed by atoms with van der Waals surface area (Å²) in [6.45, 7) is 1.94. The van der Waals surface area contributed by atoms with Crippen molar-refractivity contribution < 1.29 is 4.79 Å². The Kier molecular flexibility index (Phi) is 5.66. The number of carbonyl (C=O) groups is 1. The van der Waals surface area contributed by atoms with Crippen LogP contribution in [0.5, 0.6) is 0 Å². The van der Waals surface area contributed by atoms with Crippen molar-refractivity contribution in [3.05, 3.63) is 28.2 Å². The Morgan fingerprint density at radius 2 is 2.20 bits per heavy atom. The Labute approximate surface area is 93.7 Å². The van der Waals surface area contributed by atoms with E-state index < -0.39 is 0 Å². The molecule has 3 N–H and O–H groups in total. The van der Waals surface area contributed by atoms with Gasteiger partial charge in [-0.25, -0.2) is 0 Å². The molecule has 15 heavy (non-hydrogen) atoms. The monoisotopic (exact) mass is 231 g/mol. The highest BCUT2D eigenvalue weighted by Gasteiger charge is 2.01. The Bertz CT molecular complexity index is 389. The first-order valence-electron chi connectivity index (χ1n) is 4.27. The summed E-state index contributed by atoms with van der Waals surface area (Å²) >= 11 is 0. The van der Waals surface area contributed by atoms with Crippen LogP contribution in [0.25, 0.3) is 0 Å². The lowest BCUT2D eigenvalue weighted by atomic mass is 10.3. The largest absolute Gasteiger partial charge is 0.327 e. The lowest BCUT2D eigenvalue weighted by Crippen LogP contribution is -2.25. The van der Waals surface area contributed by atoms with Gasteiger partial charge in [-0.1, -0.05) is 0 Å². The molecule has 1 aromatic rings. The summed E-state index contributed by atoms with van der Waals surface area (Å²) in [5.74, 6) is -0.140. The van der Waals surface area contributed by atoms with Gasteiger partial charge >= 0.3 is 0 Å². The zero-order valence-electron chi connectivity index (χ0n) is 8.59. The number of pyridine rings is 1. The molecule has 1 rings (SSSR count). The molecule has 0 saturated carbocycles. The Morgan fingerprint density at radius 3 is 2.73 bits per heavy atom. The third-order valence-corrected chi connectivity index (χ3v) is 1.71. The fourth-order valence-electron chi connectivity index (χ4n) is 1.04. The molecule has 5 nitrogen and oxygen atoms in total. The summed E-state index contributed by atoms with van der Waals surface area (Å²) in [5, 5.41) is 5.37. The molecule has 0 unspecified atom stereocenters. The molecule has 0 bridgehead atoms. The molecule has 84 valence electrons. The highest BCUT2D eigenvalue weighted by atomic mass is 35.5. The number of nitrogens with one attached hydrogen (secondary N) is 3. The summed E-state index contributed by atoms with van der Waals surface area (Å²) < 4.78 is 0. The van der Waals surface area contributed by atoms with E-state index in [1.165, 1.54) is 6.20 Å². The molecule has 0 spiro atoms. The van der Waals surface area contributed by atoms with Crippen molar-refractivity contribution in [1.29, 1.82) is 0 Å². The number of halogens is 1. The van der Waals surface area contributed by atoms with E-state index in [9.17, 15) is 9.59 Å². The second-order valence-corrected chi connectivity index (χ2v) is 2.98. The topological polar surface area (TPSA) is 74.0 Å². The SMILES string of the molecule is CNCC(=O)Nc1c[nH]c(=O)c(C)c1.Cl. The van der Waals surface area contributed by atoms with Crippen molar-refractivity contribution in [3.63, 3.8) is 0 Å². The number of amides is 1. The van der Waals surface area contributed by atoms with Gasteiger partial charge in [-0.2, -0.15) is 0 Å². The second kappa shape index (κ2) is 6.21. The van der Waals surface area contributed by atoms with E-state index in [1.807, 2.05) is 0 Å². The van der Waals surface area contributed by atoms with Gasteiger partial charge in [-0.3, -0.25) is 9.59 Å². The molecule has 0 aliphatic rings. The van der Waals surface area contributed by atoms with Gasteiger partial charge in [0, 0.05) is 11.8 Å². The van der Waals surface area contributed by atoms with Crippen LogP contribution in [0.15, 0.2) is 17.1 Å². The average molecular weight is 232 g/mol. The quantitative estimate of drug-likeness (QED) is 0.699. The van der Waals surface area contributed by atoms with Crippen LogP contribution in [-0.4, -0.2) is 24.5 Å². The van der Waals surface area contributed by atoms with E-state index >= 15 is 0 Å². The molecule has 0 aliphatic carbocycles. The fraction of sp³-hybridized carbons (Fsp3) is 0.333. The van der Waals surface area contributed by atoms with E-state index in [2.05, 4.69) is 15.6 Å². The number of hydrogen-bond acceptors (Lipinski definition) is 3. The molecular formula is C9H14ClN3O2. The maximum absolute atomic E-state index is 11.1. The number of aromatic nitrogens is 1. The van der Waals surface area contributed by atoms with Gasteiger partial charge in [0.25, 0.3) is 5.56 Å². The minimum absolute atomic E-state index is 0. The summed E-state index contributed by atoms with van der Waals surface area (Å²) in [6.07, 6.45) is 1.48. The van der Waals surface area contributed by atoms with Crippen LogP contribution in [-0.2, 0) is 4.79 Å². The average Bonchev–Trinajstić information content (AvgIpc) is 2.12. The first-order valence-corrected chi connectivity index (χ1v) is 4.27. The Morgan fingerprint density at radius 1 is 1.53 bits per heavy atom. The predicted molar refractivity (Wildman–Crippen MR) is 61.6 cm³/mol. The molecule has 0 fully saturated rings. The first kappa shape index (κ1) is 13.7. The van der Waals surface area contributed by atoms with Crippen molar-refractivity contribution in [2.45, 2.75) is 6.92 Å². The van der Waals surface area contributed by atoms with Crippen molar-refractivity contribution in [2.24, 2.45) is 0 Å². The van der Waals surface area contributed by atoms with Crippen LogP contribution in [0.2, 0.25) is 0 Å². The van der Waals surface area contributed by atoms with Gasteiger partial charge in [-0.15, -0.1) is 12.4 Å². The molecule has 0 aromatic carbocycles. The van der Waals surface area contributed by atoms with Crippen LogP contribution < -0.4 is 16.2 Å². The van der Waals surface area contributed by atoms with Crippen LogP contribution in [0, 0.1) is 6.92 Å². The van der Waals surface area contributed by atoms with Crippen molar-refractivity contribution in [1.82, 2.24) is 10.3 Å². The van der Waals surface area contributed by atoms with E-state index in [0.717, 1.165) is 0 Å². The smallest absolute Gasteiger partial charge is 0.250 e. The van der Waals surface area contributed by atoms with E-state index in [-0.39, 0.29) is 30.4 Å². The van der Waals surface area contributed by atoms with E-state index in [1.54, 1.807) is 20.0 Å². The number of H-pyrrole nitrogens is 1. The molecule has 0 saturated heterocycles. The molecular weight excluding hydrogens is 218 g/mol. The Balaban J connectivity index is 0.00000196. The molecule has 1 aromatic heterocycles. The maximum atomic E-state index is 11.1. The highest BCUT2D eigenvalue weighted by Crippen LogP contribution is 2.03. The minimum atomic E-state index is -0.142. The van der Waals surface area contributed by atoms with E-state index in [4.69, 9.17) is 0 Å². The molecule has 0 atom stereocenters. The number of hydrogen-bond donors (Lipinski definition) is 3. The van der Waals surface area contributed by atoms with Crippen molar-refractivity contribution in [3.8, 4) is 0 Å². The zero-order valence-corrected chi connectivity index (χ0v) is 9.40. The van der Waals surface area contributed by atoms with Gasteiger partial charge in [0.05, 0.1) is 12.2 Å². The van der Waals surface area contributed by atoms with Gasteiger partial charge in [-0.05, 0) is 20.0 Å². The number of rotatable bonds is 3. The van der Waals surface area contributed by atoms with Gasteiger partial charge < -0.3 is 15.6 Å². The lowest BCUT2D eigenvalue weighted by molar-refractivity contribution is -0.115. The number of carbonyl (C=O) groups excluding carboxylic acids is 1. The number of likely N-dealkylation sites (N-methyl/N-ethyl adjacent to an activating group) is 1. The normalized spacial score (nSPS) is 9.20. The van der Waals surface area contributed by atoms with Gasteiger partial charge in [0.2, 0.25) is 5.91 Å². The third kappa shape index (κ3) is 4.14. The summed E-state index contributed by atoms with van der Waals surface area (Å²) in [6, 6.07) is 1.63. The molecule has 0 radical (unpaired) electrons. The van der Waals surface area contributed by atoms with Gasteiger partial charge in [0.15, 0.2) is 0 Å². The fourth-order valence-corrected chi connectivity index (χ4v) is 1.04. The van der Waals surface area contributed by atoms with Crippen molar-refractivity contribution in [2.75, 3.05) is 18.9 Å². The van der Waals surface area contributed by atoms with Gasteiger partial charge in [0.1, 0.15) is 0 Å². The van der Waals surface area contributed by atoms with Crippen LogP contribution >= 0.6 is 12.4 Å². The van der Waals surface area contributed by atoms with Crippen molar-refractivity contribution >= 4 is 24.0 Å². The standard InChI is InChI=1S/C9H13N3O2.ClH/c1-6-3-7(4-11-9(6)14)12-8(13)5-10-2;/h3-4,10H,5H2,1-2H3,(H,11,14)(H,12,13);1H. The summed E-state index contributed by atoms with van der Waals surface area (Å²) in [4.78, 5) is 24.7. The van der Waals surface area contributed by atoms with Crippen LogP contribution in [0.1, 0.15) is 5.56 Å². The number of anilines is 1.